The van der Waals surface area contributed by atoms with E-state index >= 15 is 0 Å². The predicted molar refractivity (Wildman–Crippen MR) is 113 cm³/mol. The monoisotopic (exact) mass is 481 g/mol. The summed E-state index contributed by atoms with van der Waals surface area (Å²) in [6.45, 7) is 6.50. The molecule has 1 heterocycles. The van der Waals surface area contributed by atoms with Crippen molar-refractivity contribution in [1.82, 2.24) is 10.6 Å². The van der Waals surface area contributed by atoms with E-state index in [4.69, 9.17) is 4.74 Å². The summed E-state index contributed by atoms with van der Waals surface area (Å²) < 4.78 is 28.6. The number of nitrogens with zero attached hydrogens (tertiary/aromatic N) is 1. The van der Waals surface area contributed by atoms with Crippen LogP contribution in [0, 0.1) is 12.8 Å². The molecule has 25 heavy (non-hydrogen) atoms. The first-order valence-electron chi connectivity index (χ1n) is 8.40. The Labute approximate surface area is 167 Å². The quantitative estimate of drug-likeness (QED) is 0.270. The van der Waals surface area contributed by atoms with Gasteiger partial charge in [0.25, 0.3) is 0 Å². The Balaban J connectivity index is 0.00000312. The van der Waals surface area contributed by atoms with Gasteiger partial charge in [0.15, 0.2) is 15.8 Å². The number of sulfone groups is 1. The van der Waals surface area contributed by atoms with Crippen LogP contribution in [0.3, 0.4) is 0 Å². The van der Waals surface area contributed by atoms with Gasteiger partial charge in [0.2, 0.25) is 0 Å². The van der Waals surface area contributed by atoms with E-state index in [1.54, 1.807) is 0 Å². The highest BCUT2D eigenvalue weighted by Gasteiger charge is 2.27. The Kier molecular flexibility index (Phi) is 9.55. The fourth-order valence-electron chi connectivity index (χ4n) is 2.55. The van der Waals surface area contributed by atoms with Gasteiger partial charge in [-0.25, -0.2) is 8.42 Å². The summed E-state index contributed by atoms with van der Waals surface area (Å²) in [5.74, 6) is 2.23. The molecule has 2 N–H and O–H groups in total. The minimum absolute atomic E-state index is 0. The third kappa shape index (κ3) is 8.26. The molecule has 0 aromatic heterocycles. The summed E-state index contributed by atoms with van der Waals surface area (Å²) in [4.78, 5) is 4.49. The van der Waals surface area contributed by atoms with Crippen molar-refractivity contribution >= 4 is 39.8 Å². The molecule has 1 aliphatic heterocycles. The van der Waals surface area contributed by atoms with Crippen molar-refractivity contribution in [2.24, 2.45) is 10.9 Å². The number of ether oxygens (including phenoxy) is 1. The van der Waals surface area contributed by atoms with Gasteiger partial charge in [-0.3, -0.25) is 4.99 Å². The highest BCUT2D eigenvalue weighted by atomic mass is 127. The highest BCUT2D eigenvalue weighted by molar-refractivity contribution is 14.0. The first-order valence-corrected chi connectivity index (χ1v) is 10.2. The van der Waals surface area contributed by atoms with Gasteiger partial charge in [-0.05, 0) is 38.3 Å². The van der Waals surface area contributed by atoms with Crippen LogP contribution in [0.25, 0.3) is 0 Å². The molecule has 0 amide bonds. The molecule has 1 unspecified atom stereocenters. The predicted octanol–water partition coefficient (Wildman–Crippen LogP) is 1.98. The van der Waals surface area contributed by atoms with E-state index in [0.717, 1.165) is 12.3 Å². The largest absolute Gasteiger partial charge is 0.492 e. The molecule has 0 spiro atoms. The first kappa shape index (κ1) is 22.0. The lowest BCUT2D eigenvalue weighted by molar-refractivity contribution is 0.322. The average molecular weight is 481 g/mol. The molecular weight excluding hydrogens is 453 g/mol. The van der Waals surface area contributed by atoms with E-state index < -0.39 is 9.84 Å². The molecule has 1 saturated heterocycles. The molecule has 2 rings (SSSR count). The maximum absolute atomic E-state index is 11.5. The van der Waals surface area contributed by atoms with Crippen LogP contribution < -0.4 is 15.4 Å². The van der Waals surface area contributed by atoms with Crippen molar-refractivity contribution in [3.63, 3.8) is 0 Å². The number of nitrogens with one attached hydrogen (secondary N) is 2. The van der Waals surface area contributed by atoms with E-state index in [1.807, 2.05) is 38.1 Å². The summed E-state index contributed by atoms with van der Waals surface area (Å²) in [5.41, 5.74) is 1.20. The SMILES string of the molecule is CCNC(=NCC1CCS(=O)(=O)C1)NCCOc1ccc(C)cc1.I. The number of hydrogen-bond acceptors (Lipinski definition) is 4. The van der Waals surface area contributed by atoms with E-state index in [0.29, 0.717) is 37.8 Å². The second-order valence-corrected chi connectivity index (χ2v) is 8.31. The molecule has 8 heteroatoms. The summed E-state index contributed by atoms with van der Waals surface area (Å²) in [5, 5.41) is 6.38. The molecule has 142 valence electrons. The van der Waals surface area contributed by atoms with Gasteiger partial charge in [-0.1, -0.05) is 17.7 Å². The van der Waals surface area contributed by atoms with Gasteiger partial charge in [-0.15, -0.1) is 24.0 Å². The zero-order valence-electron chi connectivity index (χ0n) is 14.8. The standard InChI is InChI=1S/C17H27N3O3S.HI/c1-3-18-17(20-12-15-8-11-24(21,22)13-15)19-9-10-23-16-6-4-14(2)5-7-16;/h4-7,15H,3,8-13H2,1-2H3,(H2,18,19,20);1H. The van der Waals surface area contributed by atoms with Crippen LogP contribution in [0.2, 0.25) is 0 Å². The number of halogens is 1. The number of aliphatic imine (C=N–C) groups is 1. The van der Waals surface area contributed by atoms with E-state index in [1.165, 1.54) is 5.56 Å². The van der Waals surface area contributed by atoms with Crippen LogP contribution >= 0.6 is 24.0 Å². The van der Waals surface area contributed by atoms with Gasteiger partial charge in [-0.2, -0.15) is 0 Å². The summed E-state index contributed by atoms with van der Waals surface area (Å²) in [6, 6.07) is 7.94. The van der Waals surface area contributed by atoms with E-state index in [2.05, 4.69) is 15.6 Å². The number of hydrogen-bond donors (Lipinski definition) is 2. The van der Waals surface area contributed by atoms with Crippen LogP contribution in [-0.2, 0) is 9.84 Å². The molecule has 0 radical (unpaired) electrons. The van der Waals surface area contributed by atoms with Gasteiger partial charge in [0.05, 0.1) is 18.1 Å². The third-order valence-electron chi connectivity index (χ3n) is 3.86. The van der Waals surface area contributed by atoms with Crippen LogP contribution in [0.15, 0.2) is 29.3 Å². The fourth-order valence-corrected chi connectivity index (χ4v) is 4.40. The van der Waals surface area contributed by atoms with Crippen molar-refractivity contribution in [3.8, 4) is 5.75 Å². The highest BCUT2D eigenvalue weighted by Crippen LogP contribution is 2.18. The average Bonchev–Trinajstić information content (AvgIpc) is 2.90. The van der Waals surface area contributed by atoms with Crippen molar-refractivity contribution in [3.05, 3.63) is 29.8 Å². The number of rotatable bonds is 7. The molecule has 1 aliphatic rings. The lowest BCUT2D eigenvalue weighted by atomic mass is 10.1. The second kappa shape index (κ2) is 10.8. The number of benzene rings is 1. The maximum Gasteiger partial charge on any atom is 0.191 e. The summed E-state index contributed by atoms with van der Waals surface area (Å²) in [6.07, 6.45) is 0.710. The zero-order chi connectivity index (χ0) is 17.4. The van der Waals surface area contributed by atoms with Crippen LogP contribution in [0.5, 0.6) is 5.75 Å². The van der Waals surface area contributed by atoms with E-state index in [9.17, 15) is 8.42 Å². The second-order valence-electron chi connectivity index (χ2n) is 6.08. The summed E-state index contributed by atoms with van der Waals surface area (Å²) in [7, 11) is -2.84. The van der Waals surface area contributed by atoms with Crippen LogP contribution in [0.4, 0.5) is 0 Å². The normalized spacial score (nSPS) is 19.1. The molecule has 1 aromatic carbocycles. The Morgan fingerprint density at radius 2 is 2.00 bits per heavy atom. The van der Waals surface area contributed by atoms with Gasteiger partial charge < -0.3 is 15.4 Å². The lowest BCUT2D eigenvalue weighted by Gasteiger charge is -2.13. The van der Waals surface area contributed by atoms with Crippen molar-refractivity contribution in [2.45, 2.75) is 20.3 Å². The van der Waals surface area contributed by atoms with E-state index in [-0.39, 0.29) is 35.6 Å². The molecule has 1 atom stereocenters. The molecular formula is C17H28IN3O3S. The number of guanidine groups is 1. The molecule has 0 saturated carbocycles. The number of aryl methyl sites for hydroxylation is 1. The van der Waals surface area contributed by atoms with Crippen molar-refractivity contribution < 1.29 is 13.2 Å². The zero-order valence-corrected chi connectivity index (χ0v) is 18.0. The van der Waals surface area contributed by atoms with Crippen LogP contribution in [-0.4, -0.2) is 52.1 Å². The Morgan fingerprint density at radius 1 is 1.28 bits per heavy atom. The van der Waals surface area contributed by atoms with Crippen molar-refractivity contribution in [1.29, 1.82) is 0 Å². The first-order chi connectivity index (χ1) is 11.5. The van der Waals surface area contributed by atoms with Gasteiger partial charge in [0, 0.05) is 13.1 Å². The fraction of sp³-hybridized carbons (Fsp3) is 0.588. The van der Waals surface area contributed by atoms with Gasteiger partial charge >= 0.3 is 0 Å². The van der Waals surface area contributed by atoms with Crippen LogP contribution in [0.1, 0.15) is 18.9 Å². The third-order valence-corrected chi connectivity index (χ3v) is 5.70. The minimum atomic E-state index is -2.84. The Morgan fingerprint density at radius 3 is 2.60 bits per heavy atom. The Hall–Kier alpha value is -1.03. The smallest absolute Gasteiger partial charge is 0.191 e. The topological polar surface area (TPSA) is 79.8 Å². The Bertz CT molecular complexity index is 648. The summed E-state index contributed by atoms with van der Waals surface area (Å²) >= 11 is 0. The molecule has 6 nitrogen and oxygen atoms in total. The minimum Gasteiger partial charge on any atom is -0.492 e. The van der Waals surface area contributed by atoms with Gasteiger partial charge in [0.1, 0.15) is 12.4 Å². The molecule has 1 aromatic rings. The van der Waals surface area contributed by atoms with Crippen molar-refractivity contribution in [2.75, 3.05) is 37.7 Å². The maximum atomic E-state index is 11.5. The lowest BCUT2D eigenvalue weighted by Crippen LogP contribution is -2.39. The molecule has 1 fully saturated rings. The molecule has 0 bridgehead atoms. The molecule has 0 aliphatic carbocycles.